The van der Waals surface area contributed by atoms with Crippen LogP contribution in [0.15, 0.2) is 28.7 Å². The summed E-state index contributed by atoms with van der Waals surface area (Å²) in [5.41, 5.74) is 0.0851. The van der Waals surface area contributed by atoms with Crippen molar-refractivity contribution in [2.75, 3.05) is 6.61 Å². The number of ether oxygens (including phenoxy) is 2. The molecule has 2 saturated carbocycles. The van der Waals surface area contributed by atoms with Crippen LogP contribution in [0.5, 0.6) is 11.5 Å². The number of hydrogen-bond acceptors (Lipinski definition) is 3. The van der Waals surface area contributed by atoms with Crippen molar-refractivity contribution in [3.8, 4) is 11.5 Å². The molecule has 0 amide bonds. The molecule has 0 unspecified atom stereocenters. The molecule has 172 valence electrons. The van der Waals surface area contributed by atoms with E-state index in [1.54, 1.807) is 24.3 Å². The molecule has 0 N–H and O–H groups in total. The summed E-state index contributed by atoms with van der Waals surface area (Å²) in [6, 6.07) is 6.77. The molecule has 32 heavy (non-hydrogen) atoms. The van der Waals surface area contributed by atoms with E-state index in [9.17, 15) is 0 Å². The fraction of sp³-hybridized carbons (Fsp3) is 0.556. The number of halogens is 2. The Bertz CT molecular complexity index is 1080. The van der Waals surface area contributed by atoms with Crippen LogP contribution < -0.4 is 9.47 Å². The zero-order valence-electron chi connectivity index (χ0n) is 18.8. The third-order valence-electron chi connectivity index (χ3n) is 7.35. The maximum atomic E-state index is 15.2. The monoisotopic (exact) mass is 442 g/mol. The highest BCUT2D eigenvalue weighted by Gasteiger charge is 2.24. The van der Waals surface area contributed by atoms with Crippen molar-refractivity contribution < 1.29 is 22.7 Å². The minimum atomic E-state index is -0.559. The van der Waals surface area contributed by atoms with Crippen molar-refractivity contribution in [3.05, 3.63) is 35.9 Å². The summed E-state index contributed by atoms with van der Waals surface area (Å²) >= 11 is 0. The van der Waals surface area contributed by atoms with Gasteiger partial charge in [-0.05, 0) is 74.6 Å². The molecule has 0 atom stereocenters. The van der Waals surface area contributed by atoms with E-state index in [0.717, 1.165) is 44.4 Å². The lowest BCUT2D eigenvalue weighted by Gasteiger charge is -2.28. The molecule has 5 heteroatoms. The van der Waals surface area contributed by atoms with E-state index in [-0.39, 0.29) is 28.8 Å². The first-order valence-electron chi connectivity index (χ1n) is 12.3. The molecule has 0 aliphatic heterocycles. The van der Waals surface area contributed by atoms with Crippen LogP contribution in [-0.4, -0.2) is 12.7 Å². The number of rotatable bonds is 7. The van der Waals surface area contributed by atoms with E-state index in [1.807, 2.05) is 0 Å². The third-order valence-corrected chi connectivity index (χ3v) is 7.35. The highest BCUT2D eigenvalue weighted by molar-refractivity contribution is 6.06. The largest absolute Gasteiger partial charge is 0.490 e. The van der Waals surface area contributed by atoms with Crippen molar-refractivity contribution >= 4 is 21.9 Å². The Morgan fingerprint density at radius 2 is 1.41 bits per heavy atom. The van der Waals surface area contributed by atoms with E-state index in [1.165, 1.54) is 25.7 Å². The Morgan fingerprint density at radius 3 is 2.06 bits per heavy atom. The van der Waals surface area contributed by atoms with Gasteiger partial charge in [-0.25, -0.2) is 0 Å². The van der Waals surface area contributed by atoms with E-state index >= 15 is 8.78 Å². The molecule has 1 heterocycles. The smallest absolute Gasteiger partial charge is 0.208 e. The highest BCUT2D eigenvalue weighted by Crippen LogP contribution is 2.39. The van der Waals surface area contributed by atoms with Crippen molar-refractivity contribution in [2.45, 2.75) is 77.2 Å². The van der Waals surface area contributed by atoms with Crippen molar-refractivity contribution in [1.82, 2.24) is 0 Å². The SMILES string of the molecule is CCCC1CCC(COc2ccc3c(oc4c(F)c(OC5CCCC5)ccc43)c2F)CC1. The van der Waals surface area contributed by atoms with Crippen LogP contribution in [0.25, 0.3) is 21.9 Å². The molecular formula is C27H32F2O3. The molecule has 1 aromatic heterocycles. The standard InChI is InChI=1S/C27H32F2O3/c1-2-5-17-8-10-18(11-9-17)16-30-22-14-12-20-21-13-15-23(31-19-6-3-4-7-19)25(29)27(21)32-26(20)24(22)28/h12-15,17-19H,2-11,16H2,1H3. The van der Waals surface area contributed by atoms with Gasteiger partial charge in [-0.1, -0.05) is 32.6 Å². The topological polar surface area (TPSA) is 31.6 Å². The van der Waals surface area contributed by atoms with Gasteiger partial charge in [0.05, 0.1) is 12.7 Å². The number of furan rings is 1. The first kappa shape index (κ1) is 21.5. The lowest BCUT2D eigenvalue weighted by atomic mass is 9.80. The average Bonchev–Trinajstić information content (AvgIpc) is 3.45. The highest BCUT2D eigenvalue weighted by atomic mass is 19.1. The Morgan fingerprint density at radius 1 is 0.812 bits per heavy atom. The van der Waals surface area contributed by atoms with Gasteiger partial charge in [0.1, 0.15) is 0 Å². The van der Waals surface area contributed by atoms with Crippen molar-refractivity contribution in [1.29, 1.82) is 0 Å². The van der Waals surface area contributed by atoms with Crippen LogP contribution >= 0.6 is 0 Å². The fourth-order valence-electron chi connectivity index (χ4n) is 5.49. The second kappa shape index (κ2) is 9.29. The summed E-state index contributed by atoms with van der Waals surface area (Å²) in [6.07, 6.45) is 11.4. The predicted molar refractivity (Wildman–Crippen MR) is 122 cm³/mol. The Balaban J connectivity index is 1.34. The molecule has 0 bridgehead atoms. The lowest BCUT2D eigenvalue weighted by molar-refractivity contribution is 0.174. The molecule has 2 aliphatic rings. The summed E-state index contributed by atoms with van der Waals surface area (Å²) in [5.74, 6) is 0.528. The van der Waals surface area contributed by atoms with Gasteiger partial charge < -0.3 is 13.9 Å². The first-order valence-corrected chi connectivity index (χ1v) is 12.3. The molecule has 0 saturated heterocycles. The third kappa shape index (κ3) is 4.18. The quantitative estimate of drug-likeness (QED) is 0.370. The van der Waals surface area contributed by atoms with Gasteiger partial charge in [0.25, 0.3) is 0 Å². The van der Waals surface area contributed by atoms with Gasteiger partial charge >= 0.3 is 0 Å². The average molecular weight is 443 g/mol. The Kier molecular flexibility index (Phi) is 6.25. The Hall–Kier alpha value is -2.30. The van der Waals surface area contributed by atoms with Crippen LogP contribution in [-0.2, 0) is 0 Å². The second-order valence-electron chi connectivity index (χ2n) is 9.62. The molecule has 0 radical (unpaired) electrons. The van der Waals surface area contributed by atoms with Crippen LogP contribution in [0.2, 0.25) is 0 Å². The predicted octanol–water partition coefficient (Wildman–Crippen LogP) is 8.17. The second-order valence-corrected chi connectivity index (χ2v) is 9.62. The normalized spacial score (nSPS) is 22.1. The van der Waals surface area contributed by atoms with Gasteiger partial charge in [0.2, 0.25) is 11.6 Å². The summed E-state index contributed by atoms with van der Waals surface area (Å²) in [5, 5.41) is 1.10. The van der Waals surface area contributed by atoms with Crippen LogP contribution in [0.3, 0.4) is 0 Å². The minimum absolute atomic E-state index is 0.0418. The van der Waals surface area contributed by atoms with Crippen LogP contribution in [0.4, 0.5) is 8.78 Å². The summed E-state index contributed by atoms with van der Waals surface area (Å²) in [7, 11) is 0. The van der Waals surface area contributed by atoms with Gasteiger partial charge in [0.15, 0.2) is 22.7 Å². The summed E-state index contributed by atoms with van der Waals surface area (Å²) < 4.78 is 47.7. The fourth-order valence-corrected chi connectivity index (χ4v) is 5.49. The summed E-state index contributed by atoms with van der Waals surface area (Å²) in [6.45, 7) is 2.75. The number of benzene rings is 2. The first-order chi connectivity index (χ1) is 15.6. The zero-order chi connectivity index (χ0) is 22.1. The summed E-state index contributed by atoms with van der Waals surface area (Å²) in [4.78, 5) is 0. The maximum Gasteiger partial charge on any atom is 0.208 e. The molecule has 3 nitrogen and oxygen atoms in total. The molecule has 2 fully saturated rings. The molecule has 2 aliphatic carbocycles. The van der Waals surface area contributed by atoms with E-state index in [4.69, 9.17) is 13.9 Å². The van der Waals surface area contributed by atoms with Gasteiger partial charge in [0, 0.05) is 10.8 Å². The van der Waals surface area contributed by atoms with Crippen LogP contribution in [0, 0.1) is 23.5 Å². The molecule has 3 aromatic rings. The van der Waals surface area contributed by atoms with E-state index in [2.05, 4.69) is 6.92 Å². The minimum Gasteiger partial charge on any atom is -0.490 e. The Labute approximate surface area is 188 Å². The van der Waals surface area contributed by atoms with Gasteiger partial charge in [-0.2, -0.15) is 8.78 Å². The molecular weight excluding hydrogens is 410 g/mol. The molecule has 5 rings (SSSR count). The maximum absolute atomic E-state index is 15.2. The van der Waals surface area contributed by atoms with Crippen molar-refractivity contribution in [2.24, 2.45) is 11.8 Å². The zero-order valence-corrected chi connectivity index (χ0v) is 18.8. The van der Waals surface area contributed by atoms with Crippen LogP contribution in [0.1, 0.15) is 71.1 Å². The number of hydrogen-bond donors (Lipinski definition) is 0. The number of fused-ring (bicyclic) bond motifs is 3. The molecule has 0 spiro atoms. The van der Waals surface area contributed by atoms with Gasteiger partial charge in [-0.3, -0.25) is 0 Å². The van der Waals surface area contributed by atoms with E-state index in [0.29, 0.717) is 23.3 Å². The van der Waals surface area contributed by atoms with E-state index < -0.39 is 11.6 Å². The lowest BCUT2D eigenvalue weighted by Crippen LogP contribution is -2.20. The van der Waals surface area contributed by atoms with Crippen molar-refractivity contribution in [3.63, 3.8) is 0 Å². The van der Waals surface area contributed by atoms with Gasteiger partial charge in [-0.15, -0.1) is 0 Å². The molecule has 2 aromatic carbocycles.